The number of esters is 1. The second-order valence-electron chi connectivity index (χ2n) is 7.59. The summed E-state index contributed by atoms with van der Waals surface area (Å²) in [5, 5.41) is 3.68. The Balaban J connectivity index is 1.57. The number of ether oxygens (including phenoxy) is 2. The maximum atomic E-state index is 12.1. The fraction of sp³-hybridized carbons (Fsp3) is 0.476. The monoisotopic (exact) mass is 387 g/mol. The summed E-state index contributed by atoms with van der Waals surface area (Å²) < 4.78 is 15.7. The Morgan fingerprint density at radius 3 is 2.68 bits per heavy atom. The Morgan fingerprint density at radius 1 is 1.18 bits per heavy atom. The Kier molecular flexibility index (Phi) is 5.72. The summed E-state index contributed by atoms with van der Waals surface area (Å²) in [6.45, 7) is 5.04. The van der Waals surface area contributed by atoms with Crippen LogP contribution < -0.4 is 15.7 Å². The van der Waals surface area contributed by atoms with Gasteiger partial charge in [0.2, 0.25) is 0 Å². The second kappa shape index (κ2) is 8.04. The maximum absolute atomic E-state index is 12.1. The molecule has 0 atom stereocenters. The highest BCUT2D eigenvalue weighted by molar-refractivity contribution is 5.83. The number of hydrogen-bond acceptors (Lipinski definition) is 6. The Labute approximate surface area is 163 Å². The number of benzene rings is 1. The molecule has 1 aliphatic rings. The summed E-state index contributed by atoms with van der Waals surface area (Å²) in [5.74, 6) is -0.622. The molecule has 7 nitrogen and oxygen atoms in total. The molecule has 3 rings (SSSR count). The van der Waals surface area contributed by atoms with Crippen molar-refractivity contribution in [1.82, 2.24) is 5.32 Å². The highest BCUT2D eigenvalue weighted by Gasteiger charge is 2.20. The van der Waals surface area contributed by atoms with Gasteiger partial charge in [0.25, 0.3) is 5.91 Å². The molecule has 0 fully saturated rings. The van der Waals surface area contributed by atoms with Gasteiger partial charge in [-0.05, 0) is 57.2 Å². The smallest absolute Gasteiger partial charge is 0.344 e. The molecule has 1 aromatic heterocycles. The van der Waals surface area contributed by atoms with Crippen LogP contribution in [0.5, 0.6) is 5.75 Å². The Bertz CT molecular complexity index is 959. The lowest BCUT2D eigenvalue weighted by Crippen LogP contribution is -2.44. The van der Waals surface area contributed by atoms with Crippen molar-refractivity contribution in [3.8, 4) is 5.75 Å². The standard InChI is InChI=1S/C21H25NO6/c1-4-21(2,3)22-18(23)11-27-19(24)12-26-13-8-9-15-14-6-5-7-16(14)20(25)28-17(15)10-13/h8-10H,4-7,11-12H2,1-3H3,(H,22,23). The van der Waals surface area contributed by atoms with Gasteiger partial charge >= 0.3 is 11.6 Å². The first-order chi connectivity index (χ1) is 13.3. The Hall–Kier alpha value is -2.83. The molecule has 0 bridgehead atoms. The van der Waals surface area contributed by atoms with E-state index < -0.39 is 5.97 Å². The van der Waals surface area contributed by atoms with Crippen molar-refractivity contribution in [3.05, 3.63) is 39.7 Å². The molecule has 0 unspecified atom stereocenters. The Morgan fingerprint density at radius 2 is 1.93 bits per heavy atom. The van der Waals surface area contributed by atoms with Crippen molar-refractivity contribution in [3.63, 3.8) is 0 Å². The lowest BCUT2D eigenvalue weighted by molar-refractivity contribution is -0.150. The van der Waals surface area contributed by atoms with Gasteiger partial charge in [0, 0.05) is 22.6 Å². The number of carbonyl (C=O) groups is 2. The van der Waals surface area contributed by atoms with Crippen LogP contribution in [0.2, 0.25) is 0 Å². The van der Waals surface area contributed by atoms with E-state index in [9.17, 15) is 14.4 Å². The van der Waals surface area contributed by atoms with Crippen molar-refractivity contribution in [2.45, 2.75) is 52.0 Å². The van der Waals surface area contributed by atoms with E-state index in [1.807, 2.05) is 26.8 Å². The van der Waals surface area contributed by atoms with Gasteiger partial charge in [-0.25, -0.2) is 9.59 Å². The molecule has 1 aliphatic carbocycles. The molecule has 1 aromatic carbocycles. The lowest BCUT2D eigenvalue weighted by atomic mass is 10.0. The fourth-order valence-electron chi connectivity index (χ4n) is 3.19. The highest BCUT2D eigenvalue weighted by atomic mass is 16.6. The summed E-state index contributed by atoms with van der Waals surface area (Å²) in [5.41, 5.74) is 1.58. The minimum atomic E-state index is -0.653. The summed E-state index contributed by atoms with van der Waals surface area (Å²) >= 11 is 0. The third-order valence-electron chi connectivity index (χ3n) is 5.03. The van der Waals surface area contributed by atoms with Crippen LogP contribution in [0, 0.1) is 0 Å². The second-order valence-corrected chi connectivity index (χ2v) is 7.59. The van der Waals surface area contributed by atoms with Gasteiger partial charge in [-0.15, -0.1) is 0 Å². The average molecular weight is 387 g/mol. The highest BCUT2D eigenvalue weighted by Crippen LogP contribution is 2.29. The number of hydrogen-bond donors (Lipinski definition) is 1. The van der Waals surface area contributed by atoms with Gasteiger partial charge in [0.05, 0.1) is 0 Å². The minimum Gasteiger partial charge on any atom is -0.482 e. The molecule has 28 heavy (non-hydrogen) atoms. The van der Waals surface area contributed by atoms with Crippen LogP contribution in [-0.2, 0) is 27.2 Å². The van der Waals surface area contributed by atoms with Crippen molar-refractivity contribution in [2.24, 2.45) is 0 Å². The molecule has 0 spiro atoms. The summed E-state index contributed by atoms with van der Waals surface area (Å²) in [4.78, 5) is 35.7. The molecule has 1 amide bonds. The molecular weight excluding hydrogens is 362 g/mol. The zero-order valence-corrected chi connectivity index (χ0v) is 16.4. The van der Waals surface area contributed by atoms with Crippen molar-refractivity contribution >= 4 is 22.8 Å². The van der Waals surface area contributed by atoms with Gasteiger partial charge in [-0.2, -0.15) is 0 Å². The number of fused-ring (bicyclic) bond motifs is 3. The van der Waals surface area contributed by atoms with Crippen LogP contribution in [0.3, 0.4) is 0 Å². The minimum absolute atomic E-state index is 0.308. The van der Waals surface area contributed by atoms with Crippen molar-refractivity contribution in [1.29, 1.82) is 0 Å². The molecule has 0 radical (unpaired) electrons. The van der Waals surface area contributed by atoms with Gasteiger partial charge in [-0.3, -0.25) is 4.79 Å². The molecule has 0 aliphatic heterocycles. The first kappa shape index (κ1) is 19.9. The van der Waals surface area contributed by atoms with E-state index in [4.69, 9.17) is 13.9 Å². The van der Waals surface area contributed by atoms with E-state index in [1.165, 1.54) is 0 Å². The lowest BCUT2D eigenvalue weighted by Gasteiger charge is -2.24. The molecule has 7 heteroatoms. The van der Waals surface area contributed by atoms with E-state index in [2.05, 4.69) is 5.32 Å². The van der Waals surface area contributed by atoms with Crippen LogP contribution in [0.25, 0.3) is 11.0 Å². The summed E-state index contributed by atoms with van der Waals surface area (Å²) in [6, 6.07) is 5.16. The largest absolute Gasteiger partial charge is 0.482 e. The zero-order chi connectivity index (χ0) is 20.3. The van der Waals surface area contributed by atoms with Crippen LogP contribution in [0.15, 0.2) is 27.4 Å². The van der Waals surface area contributed by atoms with Gasteiger partial charge in [-0.1, -0.05) is 6.92 Å². The van der Waals surface area contributed by atoms with Crippen LogP contribution in [0.4, 0.5) is 0 Å². The molecule has 1 heterocycles. The average Bonchev–Trinajstić information content (AvgIpc) is 3.15. The van der Waals surface area contributed by atoms with E-state index in [1.54, 1.807) is 12.1 Å². The van der Waals surface area contributed by atoms with E-state index in [-0.39, 0.29) is 30.3 Å². The molecule has 0 saturated heterocycles. The van der Waals surface area contributed by atoms with Crippen LogP contribution in [-0.4, -0.2) is 30.6 Å². The molecule has 2 aromatic rings. The fourth-order valence-corrected chi connectivity index (χ4v) is 3.19. The first-order valence-electron chi connectivity index (χ1n) is 9.47. The topological polar surface area (TPSA) is 94.8 Å². The maximum Gasteiger partial charge on any atom is 0.344 e. The van der Waals surface area contributed by atoms with Gasteiger partial charge in [0.15, 0.2) is 13.2 Å². The third kappa shape index (κ3) is 4.52. The quantitative estimate of drug-likeness (QED) is 0.579. The summed E-state index contributed by atoms with van der Waals surface area (Å²) in [7, 11) is 0. The third-order valence-corrected chi connectivity index (χ3v) is 5.03. The van der Waals surface area contributed by atoms with Crippen LogP contribution in [0.1, 0.15) is 44.7 Å². The van der Waals surface area contributed by atoms with Gasteiger partial charge in [0.1, 0.15) is 11.3 Å². The number of amides is 1. The predicted octanol–water partition coefficient (Wildman–Crippen LogP) is 2.51. The van der Waals surface area contributed by atoms with Gasteiger partial charge < -0.3 is 19.2 Å². The normalized spacial score (nSPS) is 13.2. The molecule has 0 saturated carbocycles. The molecule has 150 valence electrons. The van der Waals surface area contributed by atoms with Crippen molar-refractivity contribution in [2.75, 3.05) is 13.2 Å². The summed E-state index contributed by atoms with van der Waals surface area (Å²) in [6.07, 6.45) is 3.32. The number of nitrogens with one attached hydrogen (secondary N) is 1. The van der Waals surface area contributed by atoms with Crippen LogP contribution >= 0.6 is 0 Å². The van der Waals surface area contributed by atoms with E-state index in [0.717, 1.165) is 42.2 Å². The van der Waals surface area contributed by atoms with Crippen molar-refractivity contribution < 1.29 is 23.5 Å². The van der Waals surface area contributed by atoms with E-state index in [0.29, 0.717) is 11.3 Å². The number of rotatable bonds is 7. The first-order valence-corrected chi connectivity index (χ1v) is 9.47. The molecular formula is C21H25NO6. The SMILES string of the molecule is CCC(C)(C)NC(=O)COC(=O)COc1ccc2c3c(c(=O)oc2c1)CCC3. The molecule has 1 N–H and O–H groups in total. The van der Waals surface area contributed by atoms with E-state index >= 15 is 0 Å². The predicted molar refractivity (Wildman–Crippen MR) is 103 cm³/mol. The number of aryl methyl sites for hydroxylation is 1. The number of carbonyl (C=O) groups excluding carboxylic acids is 2. The zero-order valence-electron chi connectivity index (χ0n) is 16.4.